The fourth-order valence-corrected chi connectivity index (χ4v) is 0.997. The second-order valence-electron chi connectivity index (χ2n) is 2.64. The molecule has 2 heteroatoms. The van der Waals surface area contributed by atoms with Gasteiger partial charge in [0.25, 0.3) is 0 Å². The highest BCUT2D eigenvalue weighted by Crippen LogP contribution is 2.12. The normalized spacial score (nSPS) is 13.1. The van der Waals surface area contributed by atoms with Gasteiger partial charge in [-0.2, -0.15) is 0 Å². The van der Waals surface area contributed by atoms with Crippen molar-refractivity contribution in [2.24, 2.45) is 0 Å². The van der Waals surface area contributed by atoms with Crippen LogP contribution in [0.1, 0.15) is 18.6 Å². The number of carbonyl (C=O) groups excluding carboxylic acids is 1. The summed E-state index contributed by atoms with van der Waals surface area (Å²) < 4.78 is 0. The van der Waals surface area contributed by atoms with E-state index < -0.39 is 6.10 Å². The first-order valence-corrected chi connectivity index (χ1v) is 4.06. The fourth-order valence-electron chi connectivity index (χ4n) is 0.997. The van der Waals surface area contributed by atoms with Crippen molar-refractivity contribution in [2.75, 3.05) is 0 Å². The molecule has 0 aliphatic carbocycles. The minimum Gasteiger partial charge on any atom is -0.380 e. The van der Waals surface area contributed by atoms with E-state index in [1.54, 1.807) is 37.3 Å². The van der Waals surface area contributed by atoms with E-state index in [1.165, 1.54) is 6.08 Å². The quantitative estimate of drug-likeness (QED) is 0.709. The molecule has 0 heterocycles. The summed E-state index contributed by atoms with van der Waals surface area (Å²) in [5.74, 6) is -0.304. The molecule has 0 spiro atoms. The predicted octanol–water partition coefficient (Wildman–Crippen LogP) is 1.67. The van der Waals surface area contributed by atoms with E-state index in [4.69, 9.17) is 0 Å². The number of rotatable bonds is 3. The maximum absolute atomic E-state index is 11.2. The second kappa shape index (κ2) is 4.58. The molecule has 0 fully saturated rings. The highest BCUT2D eigenvalue weighted by molar-refractivity contribution is 5.93. The summed E-state index contributed by atoms with van der Waals surface area (Å²) in [7, 11) is 0. The Hall–Kier alpha value is -1.41. The van der Waals surface area contributed by atoms with E-state index in [-0.39, 0.29) is 5.78 Å². The number of allylic oxidation sites excluding steroid dienone is 1. The molecule has 1 aromatic carbocycles. The summed E-state index contributed by atoms with van der Waals surface area (Å²) in [4.78, 5) is 11.2. The SMILES string of the molecule is CC=CC(=O)C(O)c1c[c]ccc1. The summed E-state index contributed by atoms with van der Waals surface area (Å²) in [5, 5.41) is 9.50. The van der Waals surface area contributed by atoms with E-state index >= 15 is 0 Å². The van der Waals surface area contributed by atoms with Crippen LogP contribution in [0.5, 0.6) is 0 Å². The first kappa shape index (κ1) is 9.68. The predicted molar refractivity (Wildman–Crippen MR) is 50.1 cm³/mol. The van der Waals surface area contributed by atoms with Gasteiger partial charge in [-0.25, -0.2) is 0 Å². The van der Waals surface area contributed by atoms with Crippen molar-refractivity contribution < 1.29 is 9.90 Å². The molecule has 0 aromatic heterocycles. The van der Waals surface area contributed by atoms with E-state index in [1.807, 2.05) is 0 Å². The van der Waals surface area contributed by atoms with Gasteiger partial charge < -0.3 is 5.11 Å². The van der Waals surface area contributed by atoms with Crippen molar-refractivity contribution >= 4 is 5.78 Å². The lowest BCUT2D eigenvalue weighted by Gasteiger charge is -2.05. The second-order valence-corrected chi connectivity index (χ2v) is 2.64. The van der Waals surface area contributed by atoms with Crippen molar-refractivity contribution in [3.63, 3.8) is 0 Å². The summed E-state index contributed by atoms with van der Waals surface area (Å²) >= 11 is 0. The zero-order valence-corrected chi connectivity index (χ0v) is 7.40. The average molecular weight is 175 g/mol. The molecule has 1 N–H and O–H groups in total. The van der Waals surface area contributed by atoms with Crippen LogP contribution in [0.4, 0.5) is 0 Å². The topological polar surface area (TPSA) is 37.3 Å². The van der Waals surface area contributed by atoms with Crippen LogP contribution >= 0.6 is 0 Å². The Labute approximate surface area is 77.5 Å². The lowest BCUT2D eigenvalue weighted by Crippen LogP contribution is -2.08. The van der Waals surface area contributed by atoms with Crippen molar-refractivity contribution in [2.45, 2.75) is 13.0 Å². The first-order valence-electron chi connectivity index (χ1n) is 4.06. The summed E-state index contributed by atoms with van der Waals surface area (Å²) in [6.07, 6.45) is 1.91. The summed E-state index contributed by atoms with van der Waals surface area (Å²) in [6.45, 7) is 1.74. The highest BCUT2D eigenvalue weighted by atomic mass is 16.3. The molecule has 0 aliphatic rings. The number of hydrogen-bond donors (Lipinski definition) is 1. The Bertz CT molecular complexity index is 301. The minimum absolute atomic E-state index is 0.304. The Balaban J connectivity index is 2.79. The van der Waals surface area contributed by atoms with E-state index in [2.05, 4.69) is 6.07 Å². The zero-order valence-electron chi connectivity index (χ0n) is 7.40. The molecular formula is C11H11O2. The number of carbonyl (C=O) groups is 1. The lowest BCUT2D eigenvalue weighted by molar-refractivity contribution is -0.122. The molecule has 1 unspecified atom stereocenters. The molecule has 0 bridgehead atoms. The van der Waals surface area contributed by atoms with Gasteiger partial charge in [-0.3, -0.25) is 4.79 Å². The third kappa shape index (κ3) is 2.53. The maximum atomic E-state index is 11.2. The third-order valence-electron chi connectivity index (χ3n) is 1.65. The minimum atomic E-state index is -1.06. The molecule has 2 nitrogen and oxygen atoms in total. The van der Waals surface area contributed by atoms with Gasteiger partial charge in [0.1, 0.15) is 6.10 Å². The molecule has 0 aliphatic heterocycles. The van der Waals surface area contributed by atoms with Crippen LogP contribution in [0.3, 0.4) is 0 Å². The molecular weight excluding hydrogens is 164 g/mol. The van der Waals surface area contributed by atoms with E-state index in [0.717, 1.165) is 0 Å². The van der Waals surface area contributed by atoms with Gasteiger partial charge in [-0.1, -0.05) is 24.3 Å². The molecule has 1 radical (unpaired) electrons. The fraction of sp³-hybridized carbons (Fsp3) is 0.182. The summed E-state index contributed by atoms with van der Waals surface area (Å²) in [6, 6.07) is 9.56. The number of hydrogen-bond acceptors (Lipinski definition) is 2. The Morgan fingerprint density at radius 1 is 1.69 bits per heavy atom. The number of aliphatic hydroxyl groups excluding tert-OH is 1. The van der Waals surface area contributed by atoms with Gasteiger partial charge in [-0.05, 0) is 30.7 Å². The lowest BCUT2D eigenvalue weighted by atomic mass is 10.1. The van der Waals surface area contributed by atoms with E-state index in [9.17, 15) is 9.90 Å². The molecule has 0 saturated heterocycles. The van der Waals surface area contributed by atoms with Crippen LogP contribution in [-0.2, 0) is 4.79 Å². The zero-order chi connectivity index (χ0) is 9.68. The number of ketones is 1. The Morgan fingerprint density at radius 2 is 2.46 bits per heavy atom. The standard InChI is InChI=1S/C11H11O2/c1-2-6-10(12)11(13)9-7-4-3-5-8-9/h2-4,6-8,11,13H,1H3. The van der Waals surface area contributed by atoms with Crippen molar-refractivity contribution in [3.8, 4) is 0 Å². The molecule has 67 valence electrons. The van der Waals surface area contributed by atoms with Gasteiger partial charge in [-0.15, -0.1) is 0 Å². The highest BCUT2D eigenvalue weighted by Gasteiger charge is 2.12. The van der Waals surface area contributed by atoms with Crippen molar-refractivity contribution in [1.82, 2.24) is 0 Å². The first-order chi connectivity index (χ1) is 6.25. The smallest absolute Gasteiger partial charge is 0.188 e. The molecule has 1 aromatic rings. The van der Waals surface area contributed by atoms with Gasteiger partial charge >= 0.3 is 0 Å². The molecule has 0 saturated carbocycles. The van der Waals surface area contributed by atoms with Crippen LogP contribution in [0.15, 0.2) is 36.4 Å². The third-order valence-corrected chi connectivity index (χ3v) is 1.65. The van der Waals surface area contributed by atoms with Gasteiger partial charge in [0.15, 0.2) is 5.78 Å². The molecule has 1 atom stereocenters. The Kier molecular flexibility index (Phi) is 3.41. The van der Waals surface area contributed by atoms with Crippen LogP contribution in [-0.4, -0.2) is 10.9 Å². The molecule has 0 amide bonds. The van der Waals surface area contributed by atoms with Crippen LogP contribution in [0.2, 0.25) is 0 Å². The maximum Gasteiger partial charge on any atom is 0.188 e. The van der Waals surface area contributed by atoms with Gasteiger partial charge in [0, 0.05) is 0 Å². The van der Waals surface area contributed by atoms with Crippen LogP contribution in [0.25, 0.3) is 0 Å². The average Bonchev–Trinajstić information content (AvgIpc) is 2.18. The molecule has 1 rings (SSSR count). The number of aliphatic hydroxyl groups is 1. The van der Waals surface area contributed by atoms with Gasteiger partial charge in [0.05, 0.1) is 0 Å². The van der Waals surface area contributed by atoms with Gasteiger partial charge in [0.2, 0.25) is 0 Å². The summed E-state index contributed by atoms with van der Waals surface area (Å²) in [5.41, 5.74) is 0.575. The largest absolute Gasteiger partial charge is 0.380 e. The van der Waals surface area contributed by atoms with Crippen molar-refractivity contribution in [1.29, 1.82) is 0 Å². The van der Waals surface area contributed by atoms with Crippen LogP contribution in [0, 0.1) is 6.07 Å². The van der Waals surface area contributed by atoms with Crippen molar-refractivity contribution in [3.05, 3.63) is 48.0 Å². The monoisotopic (exact) mass is 175 g/mol. The van der Waals surface area contributed by atoms with Crippen LogP contribution < -0.4 is 0 Å². The van der Waals surface area contributed by atoms with E-state index in [0.29, 0.717) is 5.56 Å². The Morgan fingerprint density at radius 3 is 3.00 bits per heavy atom. The molecule has 13 heavy (non-hydrogen) atoms. The number of benzene rings is 1.